The van der Waals surface area contributed by atoms with Crippen molar-refractivity contribution in [2.45, 2.75) is 153 Å². The number of nitrogens with one attached hydrogen (secondary N) is 4. The number of alkyl carbamates (subject to hydrolysis) is 1. The molecule has 4 amide bonds. The molecule has 0 radical (unpaired) electrons. The van der Waals surface area contributed by atoms with Crippen molar-refractivity contribution in [3.05, 3.63) is 0 Å². The van der Waals surface area contributed by atoms with Gasteiger partial charge in [0.15, 0.2) is 24.2 Å². The van der Waals surface area contributed by atoms with E-state index in [0.717, 1.165) is 0 Å². The van der Waals surface area contributed by atoms with Crippen LogP contribution in [0.2, 0.25) is 0 Å². The molecular weight excluding hydrogens is 704 g/mol. The smallest absolute Gasteiger partial charge is 0.407 e. The summed E-state index contributed by atoms with van der Waals surface area (Å²) in [4.78, 5) is 63.9. The van der Waals surface area contributed by atoms with Crippen molar-refractivity contribution < 1.29 is 71.3 Å². The van der Waals surface area contributed by atoms with E-state index in [1.54, 1.807) is 48.5 Å². The Hall–Kier alpha value is -3.17. The first-order valence-electron chi connectivity index (χ1n) is 17.7. The summed E-state index contributed by atoms with van der Waals surface area (Å²) >= 11 is 0. The average molecular weight is 761 g/mol. The molecule has 53 heavy (non-hydrogen) atoms. The quantitative estimate of drug-likeness (QED) is 0.153. The van der Waals surface area contributed by atoms with Crippen molar-refractivity contribution in [2.75, 3.05) is 34.4 Å². The minimum Gasteiger partial charge on any atom is -0.469 e. The third-order valence-corrected chi connectivity index (χ3v) is 8.76. The third kappa shape index (κ3) is 11.7. The zero-order valence-electron chi connectivity index (χ0n) is 32.1. The summed E-state index contributed by atoms with van der Waals surface area (Å²) in [6.07, 6.45) is -7.20. The number of methoxy groups -OCH3 is 3. The normalized spacial score (nSPS) is 30.8. The molecule has 19 nitrogen and oxygen atoms in total. The van der Waals surface area contributed by atoms with Gasteiger partial charge < -0.3 is 68.6 Å². The van der Waals surface area contributed by atoms with E-state index in [4.69, 9.17) is 47.4 Å². The van der Waals surface area contributed by atoms with Crippen molar-refractivity contribution >= 4 is 29.8 Å². The molecule has 0 spiro atoms. The second kappa shape index (κ2) is 17.5. The molecule has 0 bridgehead atoms. The van der Waals surface area contributed by atoms with Crippen LogP contribution in [-0.2, 0) is 66.5 Å². The van der Waals surface area contributed by atoms with Crippen molar-refractivity contribution in [3.63, 3.8) is 0 Å². The predicted molar refractivity (Wildman–Crippen MR) is 181 cm³/mol. The number of fused-ring (bicyclic) bond motifs is 2. The number of ether oxygens (including phenoxy) is 10. The number of carbonyl (C=O) groups excluding carboxylic acids is 5. The predicted octanol–water partition coefficient (Wildman–Crippen LogP) is 0.113. The molecular formula is C34H56N4O15. The van der Waals surface area contributed by atoms with Crippen LogP contribution >= 0.6 is 0 Å². The van der Waals surface area contributed by atoms with Gasteiger partial charge in [-0.2, -0.15) is 0 Å². The lowest BCUT2D eigenvalue weighted by atomic mass is 10.00. The van der Waals surface area contributed by atoms with Gasteiger partial charge in [-0.25, -0.2) is 4.79 Å². The largest absolute Gasteiger partial charge is 0.469 e. The maximum absolute atomic E-state index is 13.3. The van der Waals surface area contributed by atoms with Gasteiger partial charge in [0.25, 0.3) is 0 Å². The molecule has 4 heterocycles. The molecule has 19 heteroatoms. The Morgan fingerprint density at radius 2 is 1.08 bits per heavy atom. The second-order valence-electron chi connectivity index (χ2n) is 15.2. The highest BCUT2D eigenvalue weighted by molar-refractivity contribution is 5.82. The van der Waals surface area contributed by atoms with Crippen LogP contribution < -0.4 is 21.3 Å². The zero-order chi connectivity index (χ0) is 39.3. The van der Waals surface area contributed by atoms with Gasteiger partial charge in [-0.3, -0.25) is 19.2 Å². The van der Waals surface area contributed by atoms with Gasteiger partial charge in [0, 0.05) is 46.6 Å². The van der Waals surface area contributed by atoms with Crippen LogP contribution in [0.3, 0.4) is 0 Å². The van der Waals surface area contributed by atoms with Gasteiger partial charge in [-0.1, -0.05) is 0 Å². The fraction of sp³-hybridized carbons (Fsp3) is 0.853. The molecule has 0 unspecified atom stereocenters. The molecule has 10 atom stereocenters. The van der Waals surface area contributed by atoms with Gasteiger partial charge in [-0.15, -0.1) is 0 Å². The Bertz CT molecular complexity index is 1320. The summed E-state index contributed by atoms with van der Waals surface area (Å²) in [5.41, 5.74) is -0.708. The van der Waals surface area contributed by atoms with E-state index >= 15 is 0 Å². The van der Waals surface area contributed by atoms with Gasteiger partial charge in [0.1, 0.15) is 42.2 Å². The molecule has 0 saturated carbocycles. The molecule has 0 aromatic rings. The molecule has 0 aromatic carbocycles. The summed E-state index contributed by atoms with van der Waals surface area (Å²) in [7, 11) is 4.14. The van der Waals surface area contributed by atoms with Crippen LogP contribution in [0.4, 0.5) is 4.79 Å². The van der Waals surface area contributed by atoms with E-state index in [9.17, 15) is 24.0 Å². The number of esters is 1. The molecule has 302 valence electrons. The van der Waals surface area contributed by atoms with E-state index in [-0.39, 0.29) is 38.8 Å². The summed E-state index contributed by atoms with van der Waals surface area (Å²) in [6, 6.07) is -1.77. The van der Waals surface area contributed by atoms with Gasteiger partial charge in [0.05, 0.1) is 25.6 Å². The molecule has 4 fully saturated rings. The molecule has 4 aliphatic heterocycles. The highest BCUT2D eigenvalue weighted by atomic mass is 16.8. The number of rotatable bonds is 16. The summed E-state index contributed by atoms with van der Waals surface area (Å²) in [5, 5.41) is 10.9. The van der Waals surface area contributed by atoms with Crippen LogP contribution in [0, 0.1) is 0 Å². The lowest BCUT2D eigenvalue weighted by Gasteiger charge is -2.29. The Morgan fingerprint density at radius 1 is 0.642 bits per heavy atom. The lowest BCUT2D eigenvalue weighted by molar-refractivity contribution is -0.230. The monoisotopic (exact) mass is 760 g/mol. The zero-order valence-corrected chi connectivity index (χ0v) is 32.1. The van der Waals surface area contributed by atoms with Crippen LogP contribution in [0.5, 0.6) is 0 Å². The molecule has 4 rings (SSSR count). The highest BCUT2D eigenvalue weighted by Gasteiger charge is 2.59. The minimum atomic E-state index is -0.969. The van der Waals surface area contributed by atoms with E-state index in [1.165, 1.54) is 21.3 Å². The standard InChI is InChI=1S/C34H56N4O15/c1-32(2,3)53-31(43)36-14-12-20(40)37-17(23-25-27(29(45-9)47-23)51-33(4,5)49-25)15-21(41)35-13-11-19(39)38-18(16-22(42)44-8)24-26-28(30(46-10)48-24)52-34(6,7)50-26/h17-18,23-30H,11-16H2,1-10H3,(H,35,41)(H,36,43)(H,37,40)(H,38,39)/t17-,18-,23+,24+,25-,26-,27-,28-,29-,30-/m0/s1. The third-order valence-electron chi connectivity index (χ3n) is 8.76. The van der Waals surface area contributed by atoms with Crippen molar-refractivity contribution in [2.24, 2.45) is 0 Å². The number of hydrogen-bond acceptors (Lipinski definition) is 15. The number of hydrogen-bond donors (Lipinski definition) is 4. The topological polar surface area (TPSA) is 226 Å². The molecule has 4 N–H and O–H groups in total. The van der Waals surface area contributed by atoms with Crippen molar-refractivity contribution in [1.29, 1.82) is 0 Å². The highest BCUT2D eigenvalue weighted by Crippen LogP contribution is 2.41. The maximum atomic E-state index is 13.3. The van der Waals surface area contributed by atoms with Crippen molar-refractivity contribution in [3.8, 4) is 0 Å². The molecule has 0 aliphatic carbocycles. The molecule has 4 saturated heterocycles. The Labute approximate surface area is 309 Å². The number of amides is 4. The van der Waals surface area contributed by atoms with Crippen LogP contribution in [0.25, 0.3) is 0 Å². The Kier molecular flexibility index (Phi) is 14.1. The summed E-state index contributed by atoms with van der Waals surface area (Å²) < 4.78 is 57.1. The molecule has 0 aromatic heterocycles. The second-order valence-corrected chi connectivity index (χ2v) is 15.2. The Balaban J connectivity index is 1.36. The Morgan fingerprint density at radius 3 is 1.51 bits per heavy atom. The molecule has 4 aliphatic rings. The fourth-order valence-corrected chi connectivity index (χ4v) is 6.71. The first kappa shape index (κ1) is 42.6. The fourth-order valence-electron chi connectivity index (χ4n) is 6.71. The van der Waals surface area contributed by atoms with Gasteiger partial charge in [0.2, 0.25) is 17.7 Å². The van der Waals surface area contributed by atoms with E-state index in [0.29, 0.717) is 0 Å². The van der Waals surface area contributed by atoms with Gasteiger partial charge in [-0.05, 0) is 48.5 Å². The summed E-state index contributed by atoms with van der Waals surface area (Å²) in [5.74, 6) is -3.93. The van der Waals surface area contributed by atoms with Crippen LogP contribution in [-0.4, -0.2) is 143 Å². The first-order chi connectivity index (χ1) is 24.7. The minimum absolute atomic E-state index is 0.0208. The number of carbonyl (C=O) groups is 5. The van der Waals surface area contributed by atoms with Crippen molar-refractivity contribution in [1.82, 2.24) is 21.3 Å². The SMILES string of the molecule is COC(=O)C[C@H](NC(=O)CCNC(=O)C[C@H](NC(=O)CCNC(=O)OC(C)(C)C)[C@H]1O[C@H](OC)[C@H]2OC(C)(C)O[C@H]21)[C@H]1O[C@H](OC)[C@H]2OC(C)(C)O[C@H]21. The lowest BCUT2D eigenvalue weighted by Crippen LogP contribution is -2.51. The maximum Gasteiger partial charge on any atom is 0.407 e. The van der Waals surface area contributed by atoms with E-state index < -0.39 is 108 Å². The van der Waals surface area contributed by atoms with Crippen LogP contribution in [0.1, 0.15) is 74.1 Å². The summed E-state index contributed by atoms with van der Waals surface area (Å²) in [6.45, 7) is 12.0. The average Bonchev–Trinajstić information content (AvgIpc) is 3.74. The van der Waals surface area contributed by atoms with E-state index in [1.807, 2.05) is 0 Å². The van der Waals surface area contributed by atoms with Gasteiger partial charge >= 0.3 is 12.1 Å². The van der Waals surface area contributed by atoms with Crippen LogP contribution in [0.15, 0.2) is 0 Å². The first-order valence-corrected chi connectivity index (χ1v) is 17.7. The van der Waals surface area contributed by atoms with E-state index in [2.05, 4.69) is 21.3 Å².